The van der Waals surface area contributed by atoms with Crippen LogP contribution in [0.3, 0.4) is 0 Å². The first-order valence-electron chi connectivity index (χ1n) is 4.77. The molecule has 1 saturated carbocycles. The highest BCUT2D eigenvalue weighted by Gasteiger charge is 2.08. The zero-order valence-electron chi connectivity index (χ0n) is 7.67. The Morgan fingerprint density at radius 3 is 2.62 bits per heavy atom. The number of rotatable bonds is 2. The second-order valence-corrected chi connectivity index (χ2v) is 3.41. The van der Waals surface area contributed by atoms with Gasteiger partial charge in [-0.3, -0.25) is 0 Å². The summed E-state index contributed by atoms with van der Waals surface area (Å²) in [6, 6.07) is 1.45. The average molecular weight is 179 g/mol. The van der Waals surface area contributed by atoms with E-state index in [-0.39, 0.29) is 0 Å². The molecule has 1 fully saturated rings. The maximum atomic E-state index is 12.3. The van der Waals surface area contributed by atoms with Crippen molar-refractivity contribution in [2.45, 2.75) is 32.1 Å². The molecule has 0 aliphatic heterocycles. The Morgan fingerprint density at radius 1 is 1.31 bits per heavy atom. The maximum Gasteiger partial charge on any atom is 0.199 e. The highest BCUT2D eigenvalue weighted by Crippen LogP contribution is 2.24. The molecule has 0 aromatic heterocycles. The van der Waals surface area contributed by atoms with E-state index >= 15 is 0 Å². The summed E-state index contributed by atoms with van der Waals surface area (Å²) in [6.07, 6.45) is 11.2. The minimum atomic E-state index is -0.716. The van der Waals surface area contributed by atoms with Crippen molar-refractivity contribution < 1.29 is 4.39 Å². The van der Waals surface area contributed by atoms with E-state index in [1.54, 1.807) is 6.08 Å². The predicted molar refractivity (Wildman–Crippen MR) is 50.5 cm³/mol. The molecular formula is C11H14FN. The monoisotopic (exact) mass is 179 g/mol. The molecule has 0 heterocycles. The van der Waals surface area contributed by atoms with Crippen LogP contribution in [0.2, 0.25) is 0 Å². The summed E-state index contributed by atoms with van der Waals surface area (Å²) < 4.78 is 12.3. The lowest BCUT2D eigenvalue weighted by atomic mass is 9.89. The van der Waals surface area contributed by atoms with Crippen LogP contribution in [-0.4, -0.2) is 0 Å². The SMILES string of the molecule is N#CC(F)=CC=CC1CCCCC1. The van der Waals surface area contributed by atoms with Crippen LogP contribution in [0.25, 0.3) is 0 Å². The van der Waals surface area contributed by atoms with E-state index in [0.717, 1.165) is 0 Å². The molecule has 70 valence electrons. The highest BCUT2D eigenvalue weighted by molar-refractivity contribution is 5.19. The number of halogens is 1. The summed E-state index contributed by atoms with van der Waals surface area (Å²) in [7, 11) is 0. The molecule has 0 spiro atoms. The van der Waals surface area contributed by atoms with Crippen LogP contribution in [0.1, 0.15) is 32.1 Å². The van der Waals surface area contributed by atoms with Gasteiger partial charge in [0.15, 0.2) is 5.83 Å². The van der Waals surface area contributed by atoms with Gasteiger partial charge in [0.2, 0.25) is 0 Å². The number of nitrogens with zero attached hydrogens (tertiary/aromatic N) is 1. The van der Waals surface area contributed by atoms with Crippen LogP contribution in [0.5, 0.6) is 0 Å². The quantitative estimate of drug-likeness (QED) is 0.470. The minimum Gasteiger partial charge on any atom is -0.195 e. The molecular weight excluding hydrogens is 165 g/mol. The minimum absolute atomic E-state index is 0.594. The van der Waals surface area contributed by atoms with Crippen molar-refractivity contribution in [3.05, 3.63) is 24.1 Å². The van der Waals surface area contributed by atoms with Crippen LogP contribution < -0.4 is 0 Å². The molecule has 0 radical (unpaired) electrons. The highest BCUT2D eigenvalue weighted by atomic mass is 19.1. The lowest BCUT2D eigenvalue weighted by Crippen LogP contribution is -2.02. The first kappa shape index (κ1) is 9.98. The maximum absolute atomic E-state index is 12.3. The average Bonchev–Trinajstić information content (AvgIpc) is 2.19. The molecule has 1 nitrogen and oxygen atoms in total. The third kappa shape index (κ3) is 3.89. The van der Waals surface area contributed by atoms with Gasteiger partial charge in [-0.15, -0.1) is 0 Å². The number of nitriles is 1. The molecule has 1 aliphatic carbocycles. The molecule has 0 unspecified atom stereocenters. The number of allylic oxidation sites excluding steroid dienone is 4. The van der Waals surface area contributed by atoms with E-state index < -0.39 is 5.83 Å². The molecule has 1 rings (SSSR count). The largest absolute Gasteiger partial charge is 0.199 e. The van der Waals surface area contributed by atoms with Crippen molar-refractivity contribution in [3.63, 3.8) is 0 Å². The number of hydrogen-bond donors (Lipinski definition) is 0. The third-order valence-corrected chi connectivity index (χ3v) is 2.38. The smallest absolute Gasteiger partial charge is 0.195 e. The van der Waals surface area contributed by atoms with E-state index in [4.69, 9.17) is 5.26 Å². The Bertz CT molecular complexity index is 241. The Kier molecular flexibility index (Phi) is 4.25. The molecule has 2 heteroatoms. The number of hydrogen-bond acceptors (Lipinski definition) is 1. The van der Waals surface area contributed by atoms with E-state index in [0.29, 0.717) is 5.92 Å². The van der Waals surface area contributed by atoms with Gasteiger partial charge in [-0.2, -0.15) is 9.65 Å². The molecule has 0 aromatic rings. The van der Waals surface area contributed by atoms with Gasteiger partial charge in [0.05, 0.1) is 0 Å². The van der Waals surface area contributed by atoms with Gasteiger partial charge in [0.1, 0.15) is 6.07 Å². The first-order valence-corrected chi connectivity index (χ1v) is 4.77. The second-order valence-electron chi connectivity index (χ2n) is 3.41. The van der Waals surface area contributed by atoms with Crippen molar-refractivity contribution >= 4 is 0 Å². The summed E-state index contributed by atoms with van der Waals surface area (Å²) >= 11 is 0. The zero-order valence-corrected chi connectivity index (χ0v) is 7.67. The molecule has 1 aliphatic rings. The fraction of sp³-hybridized carbons (Fsp3) is 0.545. The Balaban J connectivity index is 2.35. The second kappa shape index (κ2) is 5.53. The molecule has 13 heavy (non-hydrogen) atoms. The van der Waals surface area contributed by atoms with Gasteiger partial charge in [-0.25, -0.2) is 0 Å². The Hall–Kier alpha value is -1.10. The predicted octanol–water partition coefficient (Wildman–Crippen LogP) is 3.50. The summed E-state index contributed by atoms with van der Waals surface area (Å²) in [5, 5.41) is 8.14. The van der Waals surface area contributed by atoms with Crippen LogP contribution in [0.15, 0.2) is 24.1 Å². The standard InChI is InChI=1S/C11H14FN/c12-11(9-13)8-4-7-10-5-2-1-3-6-10/h4,7-8,10H,1-3,5-6H2. The first-order chi connectivity index (χ1) is 6.33. The van der Waals surface area contributed by atoms with Gasteiger partial charge in [0.25, 0.3) is 0 Å². The molecule has 0 N–H and O–H groups in total. The van der Waals surface area contributed by atoms with Crippen molar-refractivity contribution in [2.24, 2.45) is 5.92 Å². The normalized spacial score (nSPS) is 20.5. The van der Waals surface area contributed by atoms with Crippen molar-refractivity contribution in [1.29, 1.82) is 5.26 Å². The van der Waals surface area contributed by atoms with E-state index in [9.17, 15) is 4.39 Å². The fourth-order valence-electron chi connectivity index (χ4n) is 1.66. The summed E-state index contributed by atoms with van der Waals surface area (Å²) in [5.74, 6) is -0.122. The molecule has 0 atom stereocenters. The van der Waals surface area contributed by atoms with E-state index in [1.165, 1.54) is 44.2 Å². The lowest BCUT2D eigenvalue weighted by Gasteiger charge is -2.17. The zero-order chi connectivity index (χ0) is 9.52. The molecule has 0 bridgehead atoms. The van der Waals surface area contributed by atoms with E-state index in [2.05, 4.69) is 0 Å². The summed E-state index contributed by atoms with van der Waals surface area (Å²) in [6.45, 7) is 0. The van der Waals surface area contributed by atoms with Crippen LogP contribution in [0, 0.1) is 17.2 Å². The van der Waals surface area contributed by atoms with Crippen LogP contribution in [-0.2, 0) is 0 Å². The van der Waals surface area contributed by atoms with E-state index in [1.807, 2.05) is 6.08 Å². The summed E-state index contributed by atoms with van der Waals surface area (Å²) in [5.41, 5.74) is 0. The molecule has 0 aromatic carbocycles. The lowest BCUT2D eigenvalue weighted by molar-refractivity contribution is 0.419. The fourth-order valence-corrected chi connectivity index (χ4v) is 1.66. The Labute approximate surface area is 78.6 Å². The Morgan fingerprint density at radius 2 is 2.00 bits per heavy atom. The van der Waals surface area contributed by atoms with Gasteiger partial charge in [-0.1, -0.05) is 31.4 Å². The van der Waals surface area contributed by atoms with Crippen molar-refractivity contribution in [2.75, 3.05) is 0 Å². The van der Waals surface area contributed by atoms with Gasteiger partial charge in [-0.05, 0) is 24.8 Å². The van der Waals surface area contributed by atoms with Gasteiger partial charge in [0, 0.05) is 0 Å². The summed E-state index contributed by atoms with van der Waals surface area (Å²) in [4.78, 5) is 0. The van der Waals surface area contributed by atoms with Gasteiger partial charge < -0.3 is 0 Å². The molecule has 0 amide bonds. The van der Waals surface area contributed by atoms with Crippen LogP contribution in [0.4, 0.5) is 4.39 Å². The van der Waals surface area contributed by atoms with Crippen molar-refractivity contribution in [1.82, 2.24) is 0 Å². The van der Waals surface area contributed by atoms with Gasteiger partial charge >= 0.3 is 0 Å². The molecule has 0 saturated heterocycles. The topological polar surface area (TPSA) is 23.8 Å². The van der Waals surface area contributed by atoms with Crippen molar-refractivity contribution in [3.8, 4) is 6.07 Å². The third-order valence-electron chi connectivity index (χ3n) is 2.38. The van der Waals surface area contributed by atoms with Crippen LogP contribution >= 0.6 is 0 Å².